The fourth-order valence-corrected chi connectivity index (χ4v) is 4.95. The van der Waals surface area contributed by atoms with Crippen LogP contribution in [0.2, 0.25) is 0 Å². The average Bonchev–Trinajstić information content (AvgIpc) is 2.84. The van der Waals surface area contributed by atoms with Gasteiger partial charge < -0.3 is 14.4 Å². The van der Waals surface area contributed by atoms with Crippen molar-refractivity contribution in [2.45, 2.75) is 64.5 Å². The van der Waals surface area contributed by atoms with Crippen molar-refractivity contribution in [2.75, 3.05) is 38.3 Å². The number of hydrogen-bond acceptors (Lipinski definition) is 6. The predicted octanol–water partition coefficient (Wildman–Crippen LogP) is 4.45. The average molecular weight is 453 g/mol. The van der Waals surface area contributed by atoms with E-state index in [9.17, 15) is 4.79 Å². The summed E-state index contributed by atoms with van der Waals surface area (Å²) < 4.78 is 10.7. The molecule has 33 heavy (non-hydrogen) atoms. The molecule has 1 amide bonds. The van der Waals surface area contributed by atoms with Crippen molar-refractivity contribution in [3.63, 3.8) is 0 Å². The van der Waals surface area contributed by atoms with Crippen LogP contribution in [0, 0.1) is 0 Å². The Morgan fingerprint density at radius 2 is 1.70 bits per heavy atom. The summed E-state index contributed by atoms with van der Waals surface area (Å²) in [5.74, 6) is 0.103. The van der Waals surface area contributed by atoms with Crippen LogP contribution in [-0.2, 0) is 16.1 Å². The number of carbonyl (C=O) groups is 1. The summed E-state index contributed by atoms with van der Waals surface area (Å²) in [6, 6.07) is 7.27. The Balaban J connectivity index is 1.71. The van der Waals surface area contributed by atoms with Crippen LogP contribution < -0.4 is 9.64 Å². The summed E-state index contributed by atoms with van der Waals surface area (Å²) in [5.41, 5.74) is 4.21. The van der Waals surface area contributed by atoms with Crippen LogP contribution in [0.5, 0.6) is 6.01 Å². The Morgan fingerprint density at radius 1 is 1.00 bits per heavy atom. The zero-order valence-corrected chi connectivity index (χ0v) is 20.0. The van der Waals surface area contributed by atoms with Crippen LogP contribution in [0.4, 0.5) is 5.69 Å². The van der Waals surface area contributed by atoms with Crippen LogP contribution in [0.25, 0.3) is 11.1 Å². The number of anilines is 1. The molecule has 2 aromatic rings. The van der Waals surface area contributed by atoms with E-state index in [1.54, 1.807) is 26.4 Å². The third kappa shape index (κ3) is 6.09. The maximum absolute atomic E-state index is 12.6. The van der Waals surface area contributed by atoms with Gasteiger partial charge >= 0.3 is 6.01 Å². The molecule has 3 heterocycles. The highest BCUT2D eigenvalue weighted by Crippen LogP contribution is 2.31. The van der Waals surface area contributed by atoms with E-state index in [2.05, 4.69) is 33.1 Å². The number of fused-ring (bicyclic) bond motifs is 1. The van der Waals surface area contributed by atoms with Gasteiger partial charge in [-0.2, -0.15) is 0 Å². The predicted molar refractivity (Wildman–Crippen MR) is 129 cm³/mol. The molecule has 178 valence electrons. The Bertz CT molecular complexity index is 912. The number of methoxy groups -OCH3 is 1. The minimum absolute atomic E-state index is 0.103. The van der Waals surface area contributed by atoms with Crippen molar-refractivity contribution < 1.29 is 14.3 Å². The minimum atomic E-state index is 0.103. The maximum atomic E-state index is 12.6. The maximum Gasteiger partial charge on any atom is 0.316 e. The SMILES string of the molecule is COc1ncc(-c2ccc3c(c2)CN(C2CCOCC2)CCCCCCCN3C(C)=O)cn1. The second-order valence-electron chi connectivity index (χ2n) is 9.05. The smallest absolute Gasteiger partial charge is 0.316 e. The van der Waals surface area contributed by atoms with Crippen molar-refractivity contribution in [3.05, 3.63) is 36.2 Å². The number of rotatable bonds is 3. The van der Waals surface area contributed by atoms with Gasteiger partial charge in [0.2, 0.25) is 5.91 Å². The van der Waals surface area contributed by atoms with Crippen LogP contribution in [0.1, 0.15) is 57.4 Å². The number of hydrogen-bond donors (Lipinski definition) is 0. The summed E-state index contributed by atoms with van der Waals surface area (Å²) in [5, 5.41) is 0. The number of aromatic nitrogens is 2. The molecule has 7 heteroatoms. The van der Waals surface area contributed by atoms with Crippen LogP contribution in [0.3, 0.4) is 0 Å². The monoisotopic (exact) mass is 452 g/mol. The van der Waals surface area contributed by atoms with Gasteiger partial charge in [-0.3, -0.25) is 9.69 Å². The highest BCUT2D eigenvalue weighted by Gasteiger charge is 2.24. The molecule has 0 bridgehead atoms. The molecule has 1 aromatic carbocycles. The first-order chi connectivity index (χ1) is 16.2. The van der Waals surface area contributed by atoms with Crippen LogP contribution in [-0.4, -0.2) is 60.2 Å². The van der Waals surface area contributed by atoms with Crippen molar-refractivity contribution >= 4 is 11.6 Å². The zero-order valence-electron chi connectivity index (χ0n) is 20.0. The van der Waals surface area contributed by atoms with Gasteiger partial charge in [-0.25, -0.2) is 9.97 Å². The van der Waals surface area contributed by atoms with Crippen molar-refractivity contribution in [3.8, 4) is 17.1 Å². The molecular formula is C26H36N4O3. The molecule has 1 saturated heterocycles. The highest BCUT2D eigenvalue weighted by atomic mass is 16.5. The molecule has 4 rings (SSSR count). The van der Waals surface area contributed by atoms with Crippen LogP contribution in [0.15, 0.2) is 30.6 Å². The molecule has 1 fully saturated rings. The number of ether oxygens (including phenoxy) is 2. The van der Waals surface area contributed by atoms with Gasteiger partial charge in [0.1, 0.15) is 0 Å². The Hall–Kier alpha value is -2.51. The first kappa shape index (κ1) is 23.6. The lowest BCUT2D eigenvalue weighted by molar-refractivity contribution is -0.116. The zero-order chi connectivity index (χ0) is 23.0. The Labute approximate surface area is 197 Å². The van der Waals surface area contributed by atoms with Gasteiger partial charge in [-0.1, -0.05) is 25.3 Å². The molecule has 1 aromatic heterocycles. The normalized spacial score (nSPS) is 19.3. The minimum Gasteiger partial charge on any atom is -0.467 e. The van der Waals surface area contributed by atoms with Gasteiger partial charge in [0.25, 0.3) is 0 Å². The van der Waals surface area contributed by atoms with Gasteiger partial charge in [-0.15, -0.1) is 0 Å². The van der Waals surface area contributed by atoms with E-state index in [-0.39, 0.29) is 5.91 Å². The number of benzene rings is 1. The summed E-state index contributed by atoms with van der Waals surface area (Å²) in [4.78, 5) is 25.8. The molecular weight excluding hydrogens is 416 g/mol. The Kier molecular flexibility index (Phi) is 8.29. The Morgan fingerprint density at radius 3 is 2.39 bits per heavy atom. The van der Waals surface area contributed by atoms with E-state index in [1.165, 1.54) is 24.8 Å². The van der Waals surface area contributed by atoms with Gasteiger partial charge in [0.15, 0.2) is 0 Å². The van der Waals surface area contributed by atoms with E-state index in [4.69, 9.17) is 9.47 Å². The molecule has 2 aliphatic rings. The van der Waals surface area contributed by atoms with E-state index in [1.807, 2.05) is 4.90 Å². The summed E-state index contributed by atoms with van der Waals surface area (Å²) in [6.07, 6.45) is 11.6. The van der Waals surface area contributed by atoms with E-state index >= 15 is 0 Å². The largest absolute Gasteiger partial charge is 0.467 e. The lowest BCUT2D eigenvalue weighted by atomic mass is 9.99. The second-order valence-corrected chi connectivity index (χ2v) is 9.05. The van der Waals surface area contributed by atoms with E-state index in [0.29, 0.717) is 12.1 Å². The fraction of sp³-hybridized carbons (Fsp3) is 0.577. The van der Waals surface area contributed by atoms with Gasteiger partial charge in [0.05, 0.1) is 7.11 Å². The van der Waals surface area contributed by atoms with Crippen LogP contribution >= 0.6 is 0 Å². The number of amides is 1. The van der Waals surface area contributed by atoms with E-state index < -0.39 is 0 Å². The van der Waals surface area contributed by atoms with Gasteiger partial charge in [-0.05, 0) is 55.5 Å². The fourth-order valence-electron chi connectivity index (χ4n) is 4.95. The molecule has 2 aliphatic heterocycles. The lowest BCUT2D eigenvalue weighted by Gasteiger charge is -2.36. The molecule has 7 nitrogen and oxygen atoms in total. The highest BCUT2D eigenvalue weighted by molar-refractivity contribution is 5.92. The lowest BCUT2D eigenvalue weighted by Crippen LogP contribution is -2.40. The first-order valence-electron chi connectivity index (χ1n) is 12.2. The number of carbonyl (C=O) groups excluding carboxylic acids is 1. The van der Waals surface area contributed by atoms with Gasteiger partial charge in [0, 0.05) is 62.9 Å². The van der Waals surface area contributed by atoms with E-state index in [0.717, 1.165) is 75.3 Å². The summed E-state index contributed by atoms with van der Waals surface area (Å²) in [6.45, 7) is 6.02. The summed E-state index contributed by atoms with van der Waals surface area (Å²) in [7, 11) is 1.57. The molecule has 0 N–H and O–H groups in total. The topological polar surface area (TPSA) is 67.8 Å². The molecule has 0 atom stereocenters. The number of nitrogens with zero attached hydrogens (tertiary/aromatic N) is 4. The molecule has 0 saturated carbocycles. The molecule has 0 aliphatic carbocycles. The first-order valence-corrected chi connectivity index (χ1v) is 12.2. The third-order valence-electron chi connectivity index (χ3n) is 6.80. The quantitative estimate of drug-likeness (QED) is 0.685. The van der Waals surface area contributed by atoms with Crippen molar-refractivity contribution in [1.29, 1.82) is 0 Å². The molecule has 0 spiro atoms. The summed E-state index contributed by atoms with van der Waals surface area (Å²) >= 11 is 0. The molecule has 0 radical (unpaired) electrons. The molecule has 0 unspecified atom stereocenters. The third-order valence-corrected chi connectivity index (χ3v) is 6.80. The second kappa shape index (κ2) is 11.6. The standard InChI is InChI=1S/C26H36N4O3/c1-20(31)30-13-7-5-3-4-6-12-29(24-10-14-33-15-11-24)19-22-16-21(8-9-25(22)30)23-17-27-26(32-2)28-18-23/h8-9,16-18,24H,3-7,10-15,19H2,1-2H3. The van der Waals surface area contributed by atoms with Crippen molar-refractivity contribution in [1.82, 2.24) is 14.9 Å². The van der Waals surface area contributed by atoms with Crippen molar-refractivity contribution in [2.24, 2.45) is 0 Å².